The number of β-amino-alcohol motifs (C(OH)–C–C–N with tert-alkyl or cyclic N) is 1. The Morgan fingerprint density at radius 1 is 1.28 bits per heavy atom. The summed E-state index contributed by atoms with van der Waals surface area (Å²) in [6.07, 6.45) is 1.67. The number of aliphatic hydroxyl groups excluding tert-OH is 1. The van der Waals surface area contributed by atoms with E-state index in [1.165, 1.54) is 11.3 Å². The number of nitrogens with zero attached hydrogens (tertiary/aromatic N) is 1. The van der Waals surface area contributed by atoms with Crippen LogP contribution < -0.4 is 10.1 Å². The Morgan fingerprint density at radius 3 is 2.92 bits per heavy atom. The molecule has 1 aromatic heterocycles. The highest BCUT2D eigenvalue weighted by atomic mass is 32.1. The third kappa shape index (κ3) is 5.56. The number of carbonyl (C=O) groups excluding carboxylic acids is 1. The minimum Gasteiger partial charge on any atom is -0.488 e. The molecule has 5 nitrogen and oxygen atoms in total. The van der Waals surface area contributed by atoms with E-state index in [-0.39, 0.29) is 12.0 Å². The minimum absolute atomic E-state index is 0.0477. The lowest BCUT2D eigenvalue weighted by Crippen LogP contribution is -2.42. The van der Waals surface area contributed by atoms with E-state index >= 15 is 0 Å². The van der Waals surface area contributed by atoms with Gasteiger partial charge in [0.15, 0.2) is 0 Å². The van der Waals surface area contributed by atoms with Crippen molar-refractivity contribution in [2.24, 2.45) is 0 Å². The van der Waals surface area contributed by atoms with Gasteiger partial charge in [0.1, 0.15) is 12.4 Å². The molecule has 25 heavy (non-hydrogen) atoms. The summed E-state index contributed by atoms with van der Waals surface area (Å²) in [6.45, 7) is 3.54. The summed E-state index contributed by atoms with van der Waals surface area (Å²) < 4.78 is 5.70. The Kier molecular flexibility index (Phi) is 6.44. The van der Waals surface area contributed by atoms with Crippen LogP contribution in [-0.4, -0.2) is 48.2 Å². The number of aliphatic hydroxyl groups is 1. The highest BCUT2D eigenvalue weighted by molar-refractivity contribution is 7.14. The molecule has 1 saturated heterocycles. The predicted molar refractivity (Wildman–Crippen MR) is 99.1 cm³/mol. The van der Waals surface area contributed by atoms with E-state index in [0.717, 1.165) is 36.6 Å². The Bertz CT molecular complexity index is 674. The molecular formula is C19H24N2O3S. The van der Waals surface area contributed by atoms with Crippen LogP contribution in [0.1, 0.15) is 27.4 Å². The number of hydrogen-bond donors (Lipinski definition) is 2. The van der Waals surface area contributed by atoms with Crippen LogP contribution >= 0.6 is 11.3 Å². The average molecular weight is 360 g/mol. The van der Waals surface area contributed by atoms with E-state index in [9.17, 15) is 9.90 Å². The Balaban J connectivity index is 1.41. The van der Waals surface area contributed by atoms with E-state index in [1.807, 2.05) is 42.5 Å². The monoisotopic (exact) mass is 360 g/mol. The molecule has 1 aromatic carbocycles. The van der Waals surface area contributed by atoms with Crippen LogP contribution in [0.4, 0.5) is 0 Å². The molecule has 1 amide bonds. The fourth-order valence-corrected chi connectivity index (χ4v) is 3.73. The Hall–Kier alpha value is -1.89. The number of ether oxygens (including phenoxy) is 1. The summed E-state index contributed by atoms with van der Waals surface area (Å²) >= 11 is 1.46. The summed E-state index contributed by atoms with van der Waals surface area (Å²) in [5, 5.41) is 12.6. The van der Waals surface area contributed by atoms with Crippen molar-refractivity contribution in [2.75, 3.05) is 26.2 Å². The van der Waals surface area contributed by atoms with Gasteiger partial charge in [0.2, 0.25) is 0 Å². The number of nitrogens with one attached hydrogen (secondary N) is 1. The van der Waals surface area contributed by atoms with E-state index in [2.05, 4.69) is 10.2 Å². The van der Waals surface area contributed by atoms with Crippen molar-refractivity contribution < 1.29 is 14.6 Å². The summed E-state index contributed by atoms with van der Waals surface area (Å²) in [5.74, 6) is 0.777. The van der Waals surface area contributed by atoms with Crippen LogP contribution in [0.15, 0.2) is 42.5 Å². The lowest BCUT2D eigenvalue weighted by atomic mass is 10.1. The number of carbonyl (C=O) groups is 1. The maximum absolute atomic E-state index is 12.2. The largest absolute Gasteiger partial charge is 0.488 e. The first-order valence-electron chi connectivity index (χ1n) is 8.66. The number of thiophene rings is 1. The van der Waals surface area contributed by atoms with Gasteiger partial charge in [0.05, 0.1) is 11.0 Å². The number of benzene rings is 1. The highest BCUT2D eigenvalue weighted by Crippen LogP contribution is 2.19. The molecule has 2 heterocycles. The number of rotatable bonds is 7. The van der Waals surface area contributed by atoms with Gasteiger partial charge >= 0.3 is 0 Å². The van der Waals surface area contributed by atoms with E-state index in [4.69, 9.17) is 4.74 Å². The fraction of sp³-hybridized carbons (Fsp3) is 0.421. The average Bonchev–Trinajstić information content (AvgIpc) is 3.10. The molecule has 0 radical (unpaired) electrons. The third-order valence-electron chi connectivity index (χ3n) is 4.20. The summed E-state index contributed by atoms with van der Waals surface area (Å²) in [5.41, 5.74) is 0. The van der Waals surface area contributed by atoms with Crippen molar-refractivity contribution in [3.05, 3.63) is 52.2 Å². The zero-order valence-corrected chi connectivity index (χ0v) is 15.0. The van der Waals surface area contributed by atoms with Crippen molar-refractivity contribution >= 4 is 17.2 Å². The molecule has 1 fully saturated rings. The number of para-hydroxylation sites is 1. The molecule has 134 valence electrons. The zero-order chi connectivity index (χ0) is 17.5. The molecule has 0 saturated carbocycles. The van der Waals surface area contributed by atoms with Gasteiger partial charge in [-0.3, -0.25) is 9.69 Å². The van der Waals surface area contributed by atoms with Crippen LogP contribution in [0.5, 0.6) is 5.75 Å². The van der Waals surface area contributed by atoms with E-state index < -0.39 is 0 Å². The minimum atomic E-state index is -0.228. The number of likely N-dealkylation sites (tertiary alicyclic amines) is 1. The lowest BCUT2D eigenvalue weighted by Gasteiger charge is -2.29. The first-order valence-corrected chi connectivity index (χ1v) is 9.47. The van der Waals surface area contributed by atoms with Gasteiger partial charge in [-0.15, -0.1) is 11.3 Å². The second-order valence-corrected chi connectivity index (χ2v) is 7.39. The predicted octanol–water partition coefficient (Wildman–Crippen LogP) is 2.51. The number of hydrogen-bond acceptors (Lipinski definition) is 5. The van der Waals surface area contributed by atoms with Crippen LogP contribution in [0, 0.1) is 0 Å². The molecule has 0 bridgehead atoms. The summed E-state index contributed by atoms with van der Waals surface area (Å²) in [6, 6.07) is 13.4. The molecule has 1 unspecified atom stereocenters. The van der Waals surface area contributed by atoms with E-state index in [1.54, 1.807) is 0 Å². The standard InChI is InChI=1S/C19H24N2O3S/c22-15-5-4-11-21(13-15)12-10-20-19(23)18-9-8-17(25-18)14-24-16-6-2-1-3-7-16/h1-3,6-9,15,22H,4-5,10-14H2,(H,20,23). The smallest absolute Gasteiger partial charge is 0.261 e. The Morgan fingerprint density at radius 2 is 2.12 bits per heavy atom. The fourth-order valence-electron chi connectivity index (χ4n) is 2.90. The van der Waals surface area contributed by atoms with Gasteiger partial charge < -0.3 is 15.2 Å². The molecule has 0 spiro atoms. The SMILES string of the molecule is O=C(NCCN1CCCC(O)C1)c1ccc(COc2ccccc2)s1. The van der Waals surface area contributed by atoms with Crippen LogP contribution in [0.2, 0.25) is 0 Å². The first-order chi connectivity index (χ1) is 12.2. The second-order valence-electron chi connectivity index (χ2n) is 6.22. The maximum Gasteiger partial charge on any atom is 0.261 e. The van der Waals surface area contributed by atoms with Gasteiger partial charge in [0.25, 0.3) is 5.91 Å². The molecule has 1 aliphatic rings. The van der Waals surface area contributed by atoms with Gasteiger partial charge in [0, 0.05) is 24.5 Å². The van der Waals surface area contributed by atoms with Crippen LogP contribution in [-0.2, 0) is 6.61 Å². The van der Waals surface area contributed by atoms with Gasteiger partial charge in [-0.1, -0.05) is 18.2 Å². The molecule has 3 rings (SSSR count). The first kappa shape index (κ1) is 17.9. The van der Waals surface area contributed by atoms with E-state index in [0.29, 0.717) is 24.6 Å². The Labute approximate surface area is 152 Å². The van der Waals surface area contributed by atoms with Crippen molar-refractivity contribution in [3.63, 3.8) is 0 Å². The zero-order valence-electron chi connectivity index (χ0n) is 14.2. The summed E-state index contributed by atoms with van der Waals surface area (Å²) in [7, 11) is 0. The highest BCUT2D eigenvalue weighted by Gasteiger charge is 2.17. The molecule has 1 atom stereocenters. The molecule has 2 N–H and O–H groups in total. The molecule has 2 aromatic rings. The van der Waals surface area contributed by atoms with Crippen molar-refractivity contribution in [1.29, 1.82) is 0 Å². The van der Waals surface area contributed by atoms with Gasteiger partial charge in [-0.2, -0.15) is 0 Å². The molecule has 0 aliphatic carbocycles. The quantitative estimate of drug-likeness (QED) is 0.796. The molecular weight excluding hydrogens is 336 g/mol. The van der Waals surface area contributed by atoms with Crippen molar-refractivity contribution in [3.8, 4) is 5.75 Å². The number of piperidine rings is 1. The summed E-state index contributed by atoms with van der Waals surface area (Å²) in [4.78, 5) is 16.1. The van der Waals surface area contributed by atoms with Crippen molar-refractivity contribution in [1.82, 2.24) is 10.2 Å². The second kappa shape index (κ2) is 8.99. The van der Waals surface area contributed by atoms with Crippen molar-refractivity contribution in [2.45, 2.75) is 25.6 Å². The molecule has 1 aliphatic heterocycles. The molecule has 6 heteroatoms. The van der Waals surface area contributed by atoms with Gasteiger partial charge in [-0.25, -0.2) is 0 Å². The normalized spacial score (nSPS) is 18.0. The maximum atomic E-state index is 12.2. The number of amides is 1. The lowest BCUT2D eigenvalue weighted by molar-refractivity contribution is 0.0703. The van der Waals surface area contributed by atoms with Crippen LogP contribution in [0.3, 0.4) is 0 Å². The topological polar surface area (TPSA) is 61.8 Å². The van der Waals surface area contributed by atoms with Gasteiger partial charge in [-0.05, 0) is 43.7 Å². The van der Waals surface area contributed by atoms with Crippen LogP contribution in [0.25, 0.3) is 0 Å². The third-order valence-corrected chi connectivity index (χ3v) is 5.26.